The predicted octanol–water partition coefficient (Wildman–Crippen LogP) is 1.21. The fraction of sp³-hybridized carbons (Fsp3) is 0.111. The third-order valence-electron chi connectivity index (χ3n) is 1.33. The SMILES string of the molecule is C=CCc1ccc([Si])cc1. The number of hydrogen-bond acceptors (Lipinski definition) is 0. The van der Waals surface area contributed by atoms with E-state index in [1.54, 1.807) is 0 Å². The first-order chi connectivity index (χ1) is 4.83. The van der Waals surface area contributed by atoms with Crippen LogP contribution in [0.2, 0.25) is 0 Å². The molecule has 1 aromatic rings. The quantitative estimate of drug-likeness (QED) is 0.433. The summed E-state index contributed by atoms with van der Waals surface area (Å²) in [7, 11) is 3.42. The molecule has 0 saturated carbocycles. The highest BCUT2D eigenvalue weighted by Gasteiger charge is 1.86. The van der Waals surface area contributed by atoms with Gasteiger partial charge in [0.2, 0.25) is 0 Å². The second-order valence-corrected chi connectivity index (χ2v) is 2.77. The molecule has 0 saturated heterocycles. The van der Waals surface area contributed by atoms with Gasteiger partial charge >= 0.3 is 0 Å². The Hall–Kier alpha value is -0.823. The smallest absolute Gasteiger partial charge is 0.0711 e. The molecular weight excluding hydrogens is 136 g/mol. The average molecular weight is 145 g/mol. The van der Waals surface area contributed by atoms with E-state index >= 15 is 0 Å². The summed E-state index contributed by atoms with van der Waals surface area (Å²) < 4.78 is 0. The first-order valence-electron chi connectivity index (χ1n) is 3.24. The first-order valence-corrected chi connectivity index (χ1v) is 3.74. The molecule has 0 spiro atoms. The summed E-state index contributed by atoms with van der Waals surface area (Å²) in [5, 5.41) is 1.12. The van der Waals surface area contributed by atoms with Gasteiger partial charge in [0.15, 0.2) is 0 Å². The van der Waals surface area contributed by atoms with Crippen molar-refractivity contribution < 1.29 is 0 Å². The van der Waals surface area contributed by atoms with Crippen LogP contribution in [0, 0.1) is 0 Å². The molecule has 0 aliphatic rings. The maximum Gasteiger partial charge on any atom is 0.0711 e. The van der Waals surface area contributed by atoms with E-state index in [2.05, 4.69) is 29.0 Å². The van der Waals surface area contributed by atoms with Crippen LogP contribution in [0.5, 0.6) is 0 Å². The molecule has 0 fully saturated rings. The Morgan fingerprint density at radius 3 is 2.40 bits per heavy atom. The number of benzene rings is 1. The largest absolute Gasteiger partial charge is 0.103 e. The molecule has 1 aromatic carbocycles. The molecule has 49 valence electrons. The van der Waals surface area contributed by atoms with Gasteiger partial charge in [0.1, 0.15) is 0 Å². The number of allylic oxidation sites excluding steroid dienone is 1. The van der Waals surface area contributed by atoms with Crippen LogP contribution in [0.15, 0.2) is 36.9 Å². The summed E-state index contributed by atoms with van der Waals surface area (Å²) >= 11 is 0. The summed E-state index contributed by atoms with van der Waals surface area (Å²) in [6.45, 7) is 3.67. The van der Waals surface area contributed by atoms with Crippen molar-refractivity contribution >= 4 is 15.4 Å². The Morgan fingerprint density at radius 1 is 1.30 bits per heavy atom. The fourth-order valence-corrected chi connectivity index (χ4v) is 0.974. The van der Waals surface area contributed by atoms with Crippen LogP contribution in [0.25, 0.3) is 0 Å². The van der Waals surface area contributed by atoms with Gasteiger partial charge in [-0.15, -0.1) is 6.58 Å². The lowest BCUT2D eigenvalue weighted by Crippen LogP contribution is -1.99. The van der Waals surface area contributed by atoms with Gasteiger partial charge in [-0.05, 0) is 12.0 Å². The van der Waals surface area contributed by atoms with Gasteiger partial charge in [-0.25, -0.2) is 0 Å². The molecule has 1 rings (SSSR count). The molecule has 1 heteroatoms. The maximum atomic E-state index is 3.67. The topological polar surface area (TPSA) is 0 Å². The Kier molecular flexibility index (Phi) is 2.46. The average Bonchev–Trinajstić information content (AvgIpc) is 1.95. The highest BCUT2D eigenvalue weighted by molar-refractivity contribution is 6.32. The normalized spacial score (nSPS) is 9.30. The lowest BCUT2D eigenvalue weighted by molar-refractivity contribution is 1.28. The predicted molar refractivity (Wildman–Crippen MR) is 45.7 cm³/mol. The zero-order valence-corrected chi connectivity index (χ0v) is 6.80. The van der Waals surface area contributed by atoms with Crippen molar-refractivity contribution in [2.75, 3.05) is 0 Å². The highest BCUT2D eigenvalue weighted by atomic mass is 28.1. The third-order valence-corrected chi connectivity index (χ3v) is 1.67. The molecule has 3 radical (unpaired) electrons. The molecule has 0 heterocycles. The van der Waals surface area contributed by atoms with E-state index < -0.39 is 0 Å². The van der Waals surface area contributed by atoms with Gasteiger partial charge in [0.25, 0.3) is 0 Å². The van der Waals surface area contributed by atoms with Crippen LogP contribution in [-0.4, -0.2) is 10.2 Å². The van der Waals surface area contributed by atoms with Crippen LogP contribution in [0.1, 0.15) is 5.56 Å². The highest BCUT2D eigenvalue weighted by Crippen LogP contribution is 1.96. The van der Waals surface area contributed by atoms with E-state index in [0.29, 0.717) is 0 Å². The van der Waals surface area contributed by atoms with E-state index in [-0.39, 0.29) is 0 Å². The van der Waals surface area contributed by atoms with Crippen LogP contribution in [0.4, 0.5) is 0 Å². The van der Waals surface area contributed by atoms with E-state index in [1.165, 1.54) is 5.56 Å². The zero-order valence-electron chi connectivity index (χ0n) is 5.80. The van der Waals surface area contributed by atoms with Crippen molar-refractivity contribution in [3.8, 4) is 0 Å². The van der Waals surface area contributed by atoms with Crippen molar-refractivity contribution in [2.45, 2.75) is 6.42 Å². The molecule has 0 amide bonds. The van der Waals surface area contributed by atoms with Gasteiger partial charge in [0, 0.05) is 0 Å². The molecule has 0 aromatic heterocycles. The zero-order chi connectivity index (χ0) is 7.40. The van der Waals surface area contributed by atoms with Crippen molar-refractivity contribution in [3.05, 3.63) is 42.5 Å². The Balaban J connectivity index is 2.78. The maximum absolute atomic E-state index is 3.67. The van der Waals surface area contributed by atoms with E-state index in [4.69, 9.17) is 0 Å². The molecule has 0 atom stereocenters. The molecule has 0 nitrogen and oxygen atoms in total. The number of rotatable bonds is 2. The van der Waals surface area contributed by atoms with Gasteiger partial charge in [0.05, 0.1) is 10.2 Å². The van der Waals surface area contributed by atoms with Gasteiger partial charge in [-0.2, -0.15) is 0 Å². The van der Waals surface area contributed by atoms with Gasteiger partial charge < -0.3 is 0 Å². The van der Waals surface area contributed by atoms with Crippen molar-refractivity contribution in [1.82, 2.24) is 0 Å². The molecule has 10 heavy (non-hydrogen) atoms. The van der Waals surface area contributed by atoms with E-state index in [0.717, 1.165) is 11.6 Å². The van der Waals surface area contributed by atoms with E-state index in [9.17, 15) is 0 Å². The second-order valence-electron chi connectivity index (χ2n) is 2.19. The molecule has 0 unspecified atom stereocenters. The minimum absolute atomic E-state index is 0.951. The number of hydrogen-bond donors (Lipinski definition) is 0. The van der Waals surface area contributed by atoms with Crippen LogP contribution < -0.4 is 5.19 Å². The van der Waals surface area contributed by atoms with Gasteiger partial charge in [-0.1, -0.05) is 35.5 Å². The minimum atomic E-state index is 0.951. The van der Waals surface area contributed by atoms with Crippen LogP contribution >= 0.6 is 0 Å². The first kappa shape index (κ1) is 7.29. The summed E-state index contributed by atoms with van der Waals surface area (Å²) in [6, 6.07) is 8.25. The molecule has 0 N–H and O–H groups in total. The molecule has 0 aliphatic heterocycles. The van der Waals surface area contributed by atoms with Crippen molar-refractivity contribution in [3.63, 3.8) is 0 Å². The van der Waals surface area contributed by atoms with Crippen molar-refractivity contribution in [1.29, 1.82) is 0 Å². The molecule has 0 bridgehead atoms. The molecule has 0 aliphatic carbocycles. The Labute approximate surface area is 65.0 Å². The summed E-state index contributed by atoms with van der Waals surface area (Å²) in [5.74, 6) is 0. The lowest BCUT2D eigenvalue weighted by atomic mass is 10.2. The summed E-state index contributed by atoms with van der Waals surface area (Å²) in [5.41, 5.74) is 1.30. The van der Waals surface area contributed by atoms with Crippen molar-refractivity contribution in [2.24, 2.45) is 0 Å². The Morgan fingerprint density at radius 2 is 1.90 bits per heavy atom. The summed E-state index contributed by atoms with van der Waals surface area (Å²) in [4.78, 5) is 0. The third kappa shape index (κ3) is 1.85. The van der Waals surface area contributed by atoms with E-state index in [1.807, 2.05) is 18.2 Å². The second kappa shape index (κ2) is 3.37. The molecular formula is C9H9Si. The van der Waals surface area contributed by atoms with Gasteiger partial charge in [-0.3, -0.25) is 0 Å². The minimum Gasteiger partial charge on any atom is -0.103 e. The van der Waals surface area contributed by atoms with Crippen LogP contribution in [0.3, 0.4) is 0 Å². The standard InChI is InChI=1S/C9H9Si/c1-2-3-8-4-6-9(10)7-5-8/h2,4-7H,1,3H2. The lowest BCUT2D eigenvalue weighted by Gasteiger charge is -1.95. The monoisotopic (exact) mass is 145 g/mol. The summed E-state index contributed by atoms with van der Waals surface area (Å²) in [6.07, 6.45) is 2.86. The Bertz CT molecular complexity index is 211. The fourth-order valence-electron chi connectivity index (χ4n) is 0.807. The van der Waals surface area contributed by atoms with Crippen LogP contribution in [-0.2, 0) is 6.42 Å².